The van der Waals surface area contributed by atoms with Gasteiger partial charge in [-0.25, -0.2) is 0 Å². The van der Waals surface area contributed by atoms with Gasteiger partial charge in [-0.3, -0.25) is 9.59 Å². The van der Waals surface area contributed by atoms with Crippen LogP contribution in [-0.2, 0) is 9.59 Å². The monoisotopic (exact) mass is 188 g/mol. The number of carboxylic acid groups (broad SMARTS) is 1. The summed E-state index contributed by atoms with van der Waals surface area (Å²) < 4.78 is 0. The van der Waals surface area contributed by atoms with Crippen LogP contribution in [0.25, 0.3) is 0 Å². The van der Waals surface area contributed by atoms with E-state index in [0.717, 1.165) is 0 Å². The Hall–Kier alpha value is -1.10. The van der Waals surface area contributed by atoms with Crippen molar-refractivity contribution in [1.29, 1.82) is 0 Å². The van der Waals surface area contributed by atoms with Crippen molar-refractivity contribution < 1.29 is 14.7 Å². The molecule has 1 amide bonds. The number of amides is 1. The lowest BCUT2D eigenvalue weighted by molar-refractivity contribution is -0.137. The average molecular weight is 188 g/mol. The molecule has 0 aliphatic carbocycles. The molecule has 5 nitrogen and oxygen atoms in total. The van der Waals surface area contributed by atoms with E-state index in [1.165, 1.54) is 6.92 Å². The van der Waals surface area contributed by atoms with E-state index in [0.29, 0.717) is 6.42 Å². The first-order chi connectivity index (χ1) is 5.93. The van der Waals surface area contributed by atoms with Crippen molar-refractivity contribution in [3.63, 3.8) is 0 Å². The van der Waals surface area contributed by atoms with Gasteiger partial charge in [-0.2, -0.15) is 0 Å². The first-order valence-electron chi connectivity index (χ1n) is 4.18. The van der Waals surface area contributed by atoms with Crippen molar-refractivity contribution in [2.45, 2.75) is 38.8 Å². The van der Waals surface area contributed by atoms with E-state index in [-0.39, 0.29) is 24.4 Å². The van der Waals surface area contributed by atoms with E-state index in [9.17, 15) is 9.59 Å². The lowest BCUT2D eigenvalue weighted by Crippen LogP contribution is -2.45. The molecule has 0 aromatic carbocycles. The molecule has 0 heterocycles. The highest BCUT2D eigenvalue weighted by atomic mass is 16.4. The Morgan fingerprint density at radius 2 is 2.08 bits per heavy atom. The van der Waals surface area contributed by atoms with E-state index < -0.39 is 5.97 Å². The molecule has 5 heteroatoms. The molecule has 0 bridgehead atoms. The number of hydrogen-bond donors (Lipinski definition) is 3. The Morgan fingerprint density at radius 3 is 2.46 bits per heavy atom. The molecule has 0 aliphatic heterocycles. The second kappa shape index (κ2) is 5.53. The van der Waals surface area contributed by atoms with Crippen molar-refractivity contribution >= 4 is 11.9 Å². The first kappa shape index (κ1) is 11.9. The molecule has 0 aromatic heterocycles. The molecular formula is C8H16N2O3. The predicted octanol–water partition coefficient (Wildman–Crippen LogP) is -0.297. The minimum atomic E-state index is -0.870. The summed E-state index contributed by atoms with van der Waals surface area (Å²) in [6.45, 7) is 3.16. The number of carboxylic acids is 1. The molecule has 0 fully saturated rings. The standard InChI is InChI=1S/C8H16N2O3/c1-5(10-6(2)11)7(9)3-4-8(12)13/h5,7H,3-4,9H2,1-2H3,(H,10,11)(H,12,13)/t5-,7?/m1/s1. The molecule has 76 valence electrons. The third-order valence-corrected chi connectivity index (χ3v) is 1.76. The van der Waals surface area contributed by atoms with Crippen LogP contribution in [0.3, 0.4) is 0 Å². The van der Waals surface area contributed by atoms with Gasteiger partial charge in [0.2, 0.25) is 5.91 Å². The van der Waals surface area contributed by atoms with Gasteiger partial charge < -0.3 is 16.2 Å². The number of nitrogens with one attached hydrogen (secondary N) is 1. The Labute approximate surface area is 77.3 Å². The molecule has 0 saturated heterocycles. The van der Waals surface area contributed by atoms with E-state index in [1.807, 2.05) is 0 Å². The number of carbonyl (C=O) groups excluding carboxylic acids is 1. The maximum Gasteiger partial charge on any atom is 0.303 e. The van der Waals surface area contributed by atoms with Crippen LogP contribution in [0.5, 0.6) is 0 Å². The van der Waals surface area contributed by atoms with Gasteiger partial charge in [0.1, 0.15) is 0 Å². The minimum Gasteiger partial charge on any atom is -0.481 e. The van der Waals surface area contributed by atoms with Gasteiger partial charge in [-0.1, -0.05) is 0 Å². The smallest absolute Gasteiger partial charge is 0.303 e. The van der Waals surface area contributed by atoms with Gasteiger partial charge in [0, 0.05) is 25.4 Å². The number of hydrogen-bond acceptors (Lipinski definition) is 3. The average Bonchev–Trinajstić information content (AvgIpc) is 1.98. The summed E-state index contributed by atoms with van der Waals surface area (Å²) in [7, 11) is 0. The summed E-state index contributed by atoms with van der Waals surface area (Å²) in [5.41, 5.74) is 5.64. The summed E-state index contributed by atoms with van der Waals surface area (Å²) in [6, 6.07) is -0.489. The minimum absolute atomic E-state index is 0.0328. The zero-order chi connectivity index (χ0) is 10.4. The van der Waals surface area contributed by atoms with Gasteiger partial charge >= 0.3 is 5.97 Å². The molecular weight excluding hydrogens is 172 g/mol. The van der Waals surface area contributed by atoms with Crippen LogP contribution in [0.15, 0.2) is 0 Å². The third kappa shape index (κ3) is 6.10. The molecule has 0 aromatic rings. The Bertz CT molecular complexity index is 194. The molecule has 1 unspecified atom stereocenters. The van der Waals surface area contributed by atoms with E-state index in [2.05, 4.69) is 5.32 Å². The normalized spacial score (nSPS) is 14.7. The lowest BCUT2D eigenvalue weighted by Gasteiger charge is -2.19. The summed E-state index contributed by atoms with van der Waals surface area (Å²) in [4.78, 5) is 20.8. The van der Waals surface area contributed by atoms with Gasteiger partial charge in [0.25, 0.3) is 0 Å². The van der Waals surface area contributed by atoms with Gasteiger partial charge in [0.05, 0.1) is 0 Å². The SMILES string of the molecule is CC(=O)N[C@H](C)C(N)CCC(=O)O. The summed E-state index contributed by atoms with van der Waals surface area (Å²) in [6.07, 6.45) is 0.405. The van der Waals surface area contributed by atoms with Crippen molar-refractivity contribution in [3.8, 4) is 0 Å². The molecule has 2 atom stereocenters. The maximum absolute atomic E-state index is 10.6. The highest BCUT2D eigenvalue weighted by Crippen LogP contribution is 1.99. The van der Waals surface area contributed by atoms with Crippen LogP contribution in [0.2, 0.25) is 0 Å². The predicted molar refractivity (Wildman–Crippen MR) is 48.1 cm³/mol. The Kier molecular flexibility index (Phi) is 5.06. The zero-order valence-corrected chi connectivity index (χ0v) is 7.91. The van der Waals surface area contributed by atoms with E-state index in [4.69, 9.17) is 10.8 Å². The highest BCUT2D eigenvalue weighted by Gasteiger charge is 2.14. The molecule has 0 saturated carbocycles. The second-order valence-electron chi connectivity index (χ2n) is 3.09. The Balaban J connectivity index is 3.75. The quantitative estimate of drug-likeness (QED) is 0.552. The molecule has 0 aliphatic rings. The topological polar surface area (TPSA) is 92.4 Å². The molecule has 0 radical (unpaired) electrons. The number of carbonyl (C=O) groups is 2. The van der Waals surface area contributed by atoms with E-state index >= 15 is 0 Å². The van der Waals surface area contributed by atoms with Crippen molar-refractivity contribution in [2.75, 3.05) is 0 Å². The fourth-order valence-corrected chi connectivity index (χ4v) is 0.968. The largest absolute Gasteiger partial charge is 0.481 e. The van der Waals surface area contributed by atoms with Crippen LogP contribution in [-0.4, -0.2) is 29.1 Å². The van der Waals surface area contributed by atoms with Crippen LogP contribution in [0.4, 0.5) is 0 Å². The van der Waals surface area contributed by atoms with E-state index in [1.54, 1.807) is 6.92 Å². The number of rotatable bonds is 5. The number of aliphatic carboxylic acids is 1. The maximum atomic E-state index is 10.6. The fourth-order valence-electron chi connectivity index (χ4n) is 0.968. The van der Waals surface area contributed by atoms with Crippen LogP contribution < -0.4 is 11.1 Å². The Morgan fingerprint density at radius 1 is 1.54 bits per heavy atom. The number of nitrogens with two attached hydrogens (primary N) is 1. The third-order valence-electron chi connectivity index (χ3n) is 1.76. The lowest BCUT2D eigenvalue weighted by atomic mass is 10.1. The van der Waals surface area contributed by atoms with Gasteiger partial charge in [-0.15, -0.1) is 0 Å². The van der Waals surface area contributed by atoms with Crippen LogP contribution in [0.1, 0.15) is 26.7 Å². The first-order valence-corrected chi connectivity index (χ1v) is 4.18. The van der Waals surface area contributed by atoms with Crippen molar-refractivity contribution in [3.05, 3.63) is 0 Å². The second-order valence-corrected chi connectivity index (χ2v) is 3.09. The molecule has 13 heavy (non-hydrogen) atoms. The van der Waals surface area contributed by atoms with Crippen LogP contribution in [0, 0.1) is 0 Å². The van der Waals surface area contributed by atoms with Crippen LogP contribution >= 0.6 is 0 Å². The summed E-state index contributed by atoms with van der Waals surface area (Å²) in [5.74, 6) is -1.02. The summed E-state index contributed by atoms with van der Waals surface area (Å²) in [5, 5.41) is 11.0. The molecule has 0 rings (SSSR count). The van der Waals surface area contributed by atoms with Crippen molar-refractivity contribution in [1.82, 2.24) is 5.32 Å². The molecule has 4 N–H and O–H groups in total. The fraction of sp³-hybridized carbons (Fsp3) is 0.750. The molecule has 0 spiro atoms. The van der Waals surface area contributed by atoms with Gasteiger partial charge in [-0.05, 0) is 13.3 Å². The summed E-state index contributed by atoms with van der Waals surface area (Å²) >= 11 is 0. The highest BCUT2D eigenvalue weighted by molar-refractivity contribution is 5.73. The van der Waals surface area contributed by atoms with Crippen molar-refractivity contribution in [2.24, 2.45) is 5.73 Å². The zero-order valence-electron chi connectivity index (χ0n) is 7.91. The van der Waals surface area contributed by atoms with Gasteiger partial charge in [0.15, 0.2) is 0 Å².